The van der Waals surface area contributed by atoms with E-state index in [-0.39, 0.29) is 17.5 Å². The molecular formula is C14H20N2O3S. The average molecular weight is 296 g/mol. The van der Waals surface area contributed by atoms with Crippen molar-refractivity contribution in [1.82, 2.24) is 5.43 Å². The monoisotopic (exact) mass is 296 g/mol. The molecule has 110 valence electrons. The lowest BCUT2D eigenvalue weighted by Gasteiger charge is -2.14. The summed E-state index contributed by atoms with van der Waals surface area (Å²) >= 11 is 0. The van der Waals surface area contributed by atoms with E-state index < -0.39 is 9.84 Å². The second kappa shape index (κ2) is 6.39. The van der Waals surface area contributed by atoms with Gasteiger partial charge in [-0.1, -0.05) is 25.1 Å². The summed E-state index contributed by atoms with van der Waals surface area (Å²) < 4.78 is 28.5. The maximum Gasteiger partial charge on any atom is 0.150 e. The Bertz CT molecular complexity index is 664. The lowest BCUT2D eigenvalue weighted by atomic mass is 10.0. The normalized spacial score (nSPS) is 13.7. The van der Waals surface area contributed by atoms with Gasteiger partial charge in [0, 0.05) is 22.7 Å². The first-order valence-electron chi connectivity index (χ1n) is 6.70. The Hall–Kier alpha value is -1.37. The van der Waals surface area contributed by atoms with Crippen molar-refractivity contribution in [1.29, 1.82) is 0 Å². The highest BCUT2D eigenvalue weighted by molar-refractivity contribution is 7.91. The van der Waals surface area contributed by atoms with E-state index in [2.05, 4.69) is 5.43 Å². The van der Waals surface area contributed by atoms with Gasteiger partial charge >= 0.3 is 0 Å². The molecule has 0 saturated carbocycles. The Morgan fingerprint density at radius 3 is 2.80 bits per heavy atom. The first-order valence-corrected chi connectivity index (χ1v) is 8.52. The fourth-order valence-corrected chi connectivity index (χ4v) is 3.14. The number of para-hydroxylation sites is 1. The Morgan fingerprint density at radius 2 is 2.10 bits per heavy atom. The molecule has 0 amide bonds. The summed E-state index contributed by atoms with van der Waals surface area (Å²) in [5.74, 6) is 5.97. The number of rotatable bonds is 7. The van der Waals surface area contributed by atoms with Gasteiger partial charge in [0.25, 0.3) is 0 Å². The van der Waals surface area contributed by atoms with Crippen molar-refractivity contribution in [2.75, 3.05) is 11.5 Å². The molecule has 6 heteroatoms. The minimum atomic E-state index is -2.93. The van der Waals surface area contributed by atoms with Crippen molar-refractivity contribution in [3.8, 4) is 0 Å². The third-order valence-corrected chi connectivity index (χ3v) is 5.27. The quantitative estimate of drug-likeness (QED) is 0.604. The molecule has 0 saturated heterocycles. The summed E-state index contributed by atoms with van der Waals surface area (Å²) in [5, 5.41) is 1.01. The fourth-order valence-electron chi connectivity index (χ4n) is 2.25. The molecular weight excluding hydrogens is 276 g/mol. The molecule has 2 aromatic rings. The highest BCUT2D eigenvalue weighted by Gasteiger charge is 2.17. The largest absolute Gasteiger partial charge is 0.464 e. The van der Waals surface area contributed by atoms with Gasteiger partial charge in [0.15, 0.2) is 0 Å². The number of nitrogens with one attached hydrogen (secondary N) is 1. The minimum Gasteiger partial charge on any atom is -0.464 e. The number of hydrazine groups is 1. The van der Waals surface area contributed by atoms with E-state index in [0.29, 0.717) is 12.8 Å². The maximum atomic E-state index is 11.5. The summed E-state index contributed by atoms with van der Waals surface area (Å²) in [6, 6.07) is 7.62. The first kappa shape index (κ1) is 15.0. The number of furan rings is 1. The molecule has 1 unspecified atom stereocenters. The number of nitrogens with two attached hydrogens (primary N) is 1. The van der Waals surface area contributed by atoms with Crippen LogP contribution in [0.3, 0.4) is 0 Å². The van der Waals surface area contributed by atoms with Gasteiger partial charge in [-0.05, 0) is 18.9 Å². The number of hydrogen-bond donors (Lipinski definition) is 2. The summed E-state index contributed by atoms with van der Waals surface area (Å²) in [6.07, 6.45) is 2.91. The third-order valence-electron chi connectivity index (χ3n) is 3.48. The zero-order chi connectivity index (χ0) is 14.6. The second-order valence-electron chi connectivity index (χ2n) is 4.79. The maximum absolute atomic E-state index is 11.5. The molecule has 0 spiro atoms. The molecule has 1 aromatic carbocycles. The van der Waals surface area contributed by atoms with Crippen LogP contribution in [0.15, 0.2) is 34.9 Å². The van der Waals surface area contributed by atoms with Crippen LogP contribution in [0.2, 0.25) is 0 Å². The summed E-state index contributed by atoms with van der Waals surface area (Å²) in [7, 11) is -2.93. The van der Waals surface area contributed by atoms with Gasteiger partial charge in [-0.2, -0.15) is 0 Å². The van der Waals surface area contributed by atoms with Gasteiger partial charge < -0.3 is 4.42 Å². The SMILES string of the molecule is CCS(=O)(=O)CCCC(NN)c1coc2ccccc12. The average Bonchev–Trinajstić information content (AvgIpc) is 2.87. The van der Waals surface area contributed by atoms with Crippen LogP contribution in [-0.2, 0) is 9.84 Å². The van der Waals surface area contributed by atoms with Gasteiger partial charge in [0.05, 0.1) is 12.0 Å². The van der Waals surface area contributed by atoms with Gasteiger partial charge in [0.2, 0.25) is 0 Å². The van der Waals surface area contributed by atoms with Crippen LogP contribution in [0.5, 0.6) is 0 Å². The smallest absolute Gasteiger partial charge is 0.150 e. The lowest BCUT2D eigenvalue weighted by Crippen LogP contribution is -2.28. The second-order valence-corrected chi connectivity index (χ2v) is 7.26. The summed E-state index contributed by atoms with van der Waals surface area (Å²) in [4.78, 5) is 0. The Kier molecular flexibility index (Phi) is 4.80. The molecule has 3 N–H and O–H groups in total. The molecule has 0 aliphatic rings. The van der Waals surface area contributed by atoms with Gasteiger partial charge in [-0.3, -0.25) is 11.3 Å². The van der Waals surface area contributed by atoms with Crippen molar-refractivity contribution < 1.29 is 12.8 Å². The molecule has 0 fully saturated rings. The molecule has 20 heavy (non-hydrogen) atoms. The van der Waals surface area contributed by atoms with E-state index in [4.69, 9.17) is 10.3 Å². The van der Waals surface area contributed by atoms with Crippen LogP contribution < -0.4 is 11.3 Å². The van der Waals surface area contributed by atoms with E-state index in [0.717, 1.165) is 16.5 Å². The molecule has 1 aromatic heterocycles. The standard InChI is InChI=1S/C14H20N2O3S/c1-2-20(17,18)9-5-7-13(16-15)12-10-19-14-8-4-3-6-11(12)14/h3-4,6,8,10,13,16H,2,5,7,9,15H2,1H3. The highest BCUT2D eigenvalue weighted by Crippen LogP contribution is 2.28. The molecule has 1 heterocycles. The van der Waals surface area contributed by atoms with E-state index in [1.165, 1.54) is 0 Å². The van der Waals surface area contributed by atoms with Crippen LogP contribution in [0.25, 0.3) is 11.0 Å². The molecule has 5 nitrogen and oxygen atoms in total. The fraction of sp³-hybridized carbons (Fsp3) is 0.429. The van der Waals surface area contributed by atoms with Gasteiger partial charge in [-0.15, -0.1) is 0 Å². The lowest BCUT2D eigenvalue weighted by molar-refractivity contribution is 0.500. The molecule has 0 aliphatic heterocycles. The van der Waals surface area contributed by atoms with E-state index >= 15 is 0 Å². The predicted molar refractivity (Wildman–Crippen MR) is 79.8 cm³/mol. The van der Waals surface area contributed by atoms with E-state index in [1.54, 1.807) is 13.2 Å². The van der Waals surface area contributed by atoms with Crippen LogP contribution in [0, 0.1) is 0 Å². The number of sulfone groups is 1. The number of hydrogen-bond acceptors (Lipinski definition) is 5. The first-order chi connectivity index (χ1) is 9.57. The third kappa shape index (κ3) is 3.39. The molecule has 0 aliphatic carbocycles. The Balaban J connectivity index is 2.09. The Morgan fingerprint density at radius 1 is 1.35 bits per heavy atom. The van der Waals surface area contributed by atoms with Gasteiger partial charge in [-0.25, -0.2) is 8.42 Å². The molecule has 0 bridgehead atoms. The van der Waals surface area contributed by atoms with Crippen molar-refractivity contribution in [3.63, 3.8) is 0 Å². The number of fused-ring (bicyclic) bond motifs is 1. The summed E-state index contributed by atoms with van der Waals surface area (Å²) in [5.41, 5.74) is 4.52. The van der Waals surface area contributed by atoms with Crippen LogP contribution in [0.1, 0.15) is 31.4 Å². The molecule has 1 atom stereocenters. The zero-order valence-electron chi connectivity index (χ0n) is 11.5. The predicted octanol–water partition coefficient (Wildman–Crippen LogP) is 2.15. The van der Waals surface area contributed by atoms with E-state index in [9.17, 15) is 8.42 Å². The van der Waals surface area contributed by atoms with E-state index in [1.807, 2.05) is 24.3 Å². The van der Waals surface area contributed by atoms with Gasteiger partial charge in [0.1, 0.15) is 15.4 Å². The summed E-state index contributed by atoms with van der Waals surface area (Å²) in [6.45, 7) is 1.66. The van der Waals surface area contributed by atoms with Crippen molar-refractivity contribution >= 4 is 20.8 Å². The highest BCUT2D eigenvalue weighted by atomic mass is 32.2. The van der Waals surface area contributed by atoms with Crippen LogP contribution >= 0.6 is 0 Å². The molecule has 2 rings (SSSR count). The zero-order valence-corrected chi connectivity index (χ0v) is 12.3. The van der Waals surface area contributed by atoms with Crippen molar-refractivity contribution in [2.45, 2.75) is 25.8 Å². The van der Waals surface area contributed by atoms with Crippen LogP contribution in [0.4, 0.5) is 0 Å². The van der Waals surface area contributed by atoms with Crippen LogP contribution in [-0.4, -0.2) is 19.9 Å². The van der Waals surface area contributed by atoms with Crippen molar-refractivity contribution in [3.05, 3.63) is 36.1 Å². The Labute approximate surface area is 119 Å². The number of benzene rings is 1. The topological polar surface area (TPSA) is 85.3 Å². The molecule has 0 radical (unpaired) electrons. The minimum absolute atomic E-state index is 0.106. The van der Waals surface area contributed by atoms with Crippen molar-refractivity contribution in [2.24, 2.45) is 5.84 Å².